The normalized spacial score (nSPS) is 21.4. The molecule has 2 heterocycles. The number of aromatic nitrogens is 1. The maximum Gasteiger partial charge on any atom is 0.152 e. The van der Waals surface area contributed by atoms with E-state index in [0.29, 0.717) is 25.3 Å². The first-order valence-electron chi connectivity index (χ1n) is 5.02. The molecule has 1 aliphatic rings. The maximum absolute atomic E-state index is 13.0. The summed E-state index contributed by atoms with van der Waals surface area (Å²) in [7, 11) is -3.02. The Morgan fingerprint density at radius 3 is 2.88 bits per heavy atom. The molecule has 0 spiro atoms. The average molecular weight is 244 g/mol. The Kier molecular flexibility index (Phi) is 2.84. The fraction of sp³-hybridized carbons (Fsp3) is 0.500. The van der Waals surface area contributed by atoms with Crippen LogP contribution in [0.2, 0.25) is 0 Å². The van der Waals surface area contributed by atoms with Crippen LogP contribution in [-0.4, -0.2) is 38.0 Å². The number of pyridine rings is 1. The predicted molar refractivity (Wildman–Crippen MR) is 59.7 cm³/mol. The van der Waals surface area contributed by atoms with E-state index in [1.54, 1.807) is 4.90 Å². The Balaban J connectivity index is 2.15. The number of halogens is 1. The predicted octanol–water partition coefficient (Wildman–Crippen LogP) is 0.844. The Hall–Kier alpha value is -1.17. The van der Waals surface area contributed by atoms with Gasteiger partial charge in [-0.25, -0.2) is 17.8 Å². The minimum absolute atomic E-state index is 0.354. The molecule has 1 aromatic heterocycles. The van der Waals surface area contributed by atoms with Crippen LogP contribution >= 0.6 is 0 Å². The summed E-state index contributed by atoms with van der Waals surface area (Å²) in [5.41, 5.74) is 0. The van der Waals surface area contributed by atoms with Crippen molar-refractivity contribution in [3.63, 3.8) is 0 Å². The fourth-order valence-electron chi connectivity index (χ4n) is 1.85. The molecule has 1 aromatic rings. The molecule has 0 saturated carbocycles. The van der Waals surface area contributed by atoms with E-state index in [1.165, 1.54) is 24.6 Å². The summed E-state index contributed by atoms with van der Waals surface area (Å²) in [6.07, 6.45) is 3.20. The van der Waals surface area contributed by atoms with Crippen LogP contribution in [0.5, 0.6) is 0 Å². The van der Waals surface area contributed by atoms with Gasteiger partial charge in [0.2, 0.25) is 0 Å². The van der Waals surface area contributed by atoms with Crippen LogP contribution in [0, 0.1) is 5.82 Å². The summed E-state index contributed by atoms with van der Waals surface area (Å²) >= 11 is 0. The Bertz CT molecular complexity index is 489. The van der Waals surface area contributed by atoms with Crippen molar-refractivity contribution >= 4 is 15.7 Å². The molecule has 1 fully saturated rings. The highest BCUT2D eigenvalue weighted by Crippen LogP contribution is 2.21. The van der Waals surface area contributed by atoms with Crippen molar-refractivity contribution in [2.75, 3.05) is 24.2 Å². The van der Waals surface area contributed by atoms with Gasteiger partial charge < -0.3 is 4.90 Å². The Morgan fingerprint density at radius 2 is 2.31 bits per heavy atom. The van der Waals surface area contributed by atoms with E-state index in [9.17, 15) is 12.8 Å². The average Bonchev–Trinajstić information content (AvgIpc) is 2.65. The molecule has 0 amide bonds. The van der Waals surface area contributed by atoms with Gasteiger partial charge in [-0.3, -0.25) is 0 Å². The van der Waals surface area contributed by atoms with Gasteiger partial charge in [-0.2, -0.15) is 0 Å². The van der Waals surface area contributed by atoms with Gasteiger partial charge in [-0.15, -0.1) is 0 Å². The van der Waals surface area contributed by atoms with Crippen molar-refractivity contribution < 1.29 is 12.8 Å². The Labute approximate surface area is 94.0 Å². The lowest BCUT2D eigenvalue weighted by molar-refractivity contribution is 0.589. The van der Waals surface area contributed by atoms with Crippen LogP contribution < -0.4 is 4.90 Å². The van der Waals surface area contributed by atoms with Crippen molar-refractivity contribution in [2.24, 2.45) is 0 Å². The van der Waals surface area contributed by atoms with Crippen LogP contribution in [0.4, 0.5) is 10.2 Å². The number of rotatable bonds is 2. The molecule has 0 aromatic carbocycles. The monoisotopic (exact) mass is 244 g/mol. The zero-order chi connectivity index (χ0) is 11.8. The first kappa shape index (κ1) is 11.3. The zero-order valence-corrected chi connectivity index (χ0v) is 9.74. The third kappa shape index (κ3) is 2.32. The van der Waals surface area contributed by atoms with Crippen molar-refractivity contribution in [3.8, 4) is 0 Å². The molecule has 0 unspecified atom stereocenters. The molecule has 0 N–H and O–H groups in total. The highest BCUT2D eigenvalue weighted by atomic mass is 32.2. The molecule has 0 aliphatic carbocycles. The fourth-order valence-corrected chi connectivity index (χ4v) is 2.84. The van der Waals surface area contributed by atoms with Crippen LogP contribution in [0.3, 0.4) is 0 Å². The third-order valence-corrected chi connectivity index (χ3v) is 4.38. The summed E-state index contributed by atoms with van der Waals surface area (Å²) in [6, 6.07) is 2.60. The first-order valence-corrected chi connectivity index (χ1v) is 6.97. The van der Waals surface area contributed by atoms with E-state index in [-0.39, 0.29) is 11.1 Å². The lowest BCUT2D eigenvalue weighted by atomic mass is 10.4. The molecule has 4 nitrogen and oxygen atoms in total. The van der Waals surface area contributed by atoms with Gasteiger partial charge in [0.15, 0.2) is 9.84 Å². The molecule has 88 valence electrons. The lowest BCUT2D eigenvalue weighted by Crippen LogP contribution is -2.26. The number of sulfone groups is 1. The number of nitrogens with zero attached hydrogens (tertiary/aromatic N) is 2. The van der Waals surface area contributed by atoms with E-state index in [2.05, 4.69) is 4.98 Å². The summed E-state index contributed by atoms with van der Waals surface area (Å²) < 4.78 is 35.7. The molecule has 2 rings (SSSR count). The molecule has 0 radical (unpaired) electrons. The molecule has 16 heavy (non-hydrogen) atoms. The van der Waals surface area contributed by atoms with E-state index >= 15 is 0 Å². The lowest BCUT2D eigenvalue weighted by Gasteiger charge is -2.16. The van der Waals surface area contributed by atoms with Gasteiger partial charge in [-0.1, -0.05) is 0 Å². The van der Waals surface area contributed by atoms with Crippen molar-refractivity contribution in [1.82, 2.24) is 4.98 Å². The third-order valence-electron chi connectivity index (χ3n) is 2.78. The van der Waals surface area contributed by atoms with E-state index in [4.69, 9.17) is 0 Å². The van der Waals surface area contributed by atoms with Crippen molar-refractivity contribution in [3.05, 3.63) is 24.1 Å². The summed E-state index contributed by atoms with van der Waals surface area (Å²) in [5.74, 6) is 0.152. The smallest absolute Gasteiger partial charge is 0.152 e. The van der Waals surface area contributed by atoms with Gasteiger partial charge >= 0.3 is 0 Å². The van der Waals surface area contributed by atoms with Gasteiger partial charge in [0.25, 0.3) is 0 Å². The van der Waals surface area contributed by atoms with Crippen LogP contribution in [0.1, 0.15) is 6.42 Å². The second-order valence-corrected chi connectivity index (χ2v) is 6.34. The quantitative estimate of drug-likeness (QED) is 0.773. The minimum Gasteiger partial charge on any atom is -0.355 e. The summed E-state index contributed by atoms with van der Waals surface area (Å²) in [6.45, 7) is 1.00. The zero-order valence-electron chi connectivity index (χ0n) is 8.93. The topological polar surface area (TPSA) is 50.3 Å². The Morgan fingerprint density at radius 1 is 1.56 bits per heavy atom. The number of hydrogen-bond acceptors (Lipinski definition) is 4. The van der Waals surface area contributed by atoms with Gasteiger partial charge in [0.05, 0.1) is 5.25 Å². The minimum atomic E-state index is -3.02. The largest absolute Gasteiger partial charge is 0.355 e. The molecular formula is C10H13FN2O2S. The van der Waals surface area contributed by atoms with Crippen LogP contribution in [-0.2, 0) is 9.84 Å². The van der Waals surface area contributed by atoms with Gasteiger partial charge in [-0.05, 0) is 12.5 Å². The number of anilines is 1. The van der Waals surface area contributed by atoms with Crippen LogP contribution in [0.25, 0.3) is 0 Å². The van der Waals surface area contributed by atoms with Crippen LogP contribution in [0.15, 0.2) is 18.3 Å². The highest BCUT2D eigenvalue weighted by Gasteiger charge is 2.30. The van der Waals surface area contributed by atoms with Crippen molar-refractivity contribution in [1.29, 1.82) is 0 Å². The van der Waals surface area contributed by atoms with E-state index in [0.717, 1.165) is 0 Å². The molecule has 6 heteroatoms. The molecule has 1 aliphatic heterocycles. The molecule has 1 atom stereocenters. The second kappa shape index (κ2) is 4.01. The standard InChI is InChI=1S/C10H13FN2O2S/c1-16(14,15)9-3-5-13(7-9)10-6-8(11)2-4-12-10/h2,4,6,9H,3,5,7H2,1H3/t9-/m0/s1. The first-order chi connectivity index (χ1) is 7.47. The maximum atomic E-state index is 13.0. The van der Waals surface area contributed by atoms with Gasteiger partial charge in [0.1, 0.15) is 11.6 Å². The summed E-state index contributed by atoms with van der Waals surface area (Å²) in [5, 5.41) is -0.363. The molecule has 0 bridgehead atoms. The highest BCUT2D eigenvalue weighted by molar-refractivity contribution is 7.91. The molecule has 1 saturated heterocycles. The SMILES string of the molecule is CS(=O)(=O)[C@H]1CCN(c2cc(F)ccn2)C1. The summed E-state index contributed by atoms with van der Waals surface area (Å²) in [4.78, 5) is 5.83. The van der Waals surface area contributed by atoms with E-state index in [1.807, 2.05) is 0 Å². The van der Waals surface area contributed by atoms with Gasteiger partial charge in [0, 0.05) is 31.6 Å². The van der Waals surface area contributed by atoms with E-state index < -0.39 is 9.84 Å². The second-order valence-electron chi connectivity index (χ2n) is 4.02. The van der Waals surface area contributed by atoms with Crippen molar-refractivity contribution in [2.45, 2.75) is 11.7 Å². The molecular weight excluding hydrogens is 231 g/mol. The number of hydrogen-bond donors (Lipinski definition) is 0.